The molecule has 0 saturated carbocycles. The van der Waals surface area contributed by atoms with Gasteiger partial charge in [-0.1, -0.05) is 30.7 Å². The molecule has 37 heavy (non-hydrogen) atoms. The minimum Gasteiger partial charge on any atom is -0.481 e. The van der Waals surface area contributed by atoms with Crippen LogP contribution in [-0.2, 0) is 23.8 Å². The van der Waals surface area contributed by atoms with E-state index in [2.05, 4.69) is 5.32 Å². The molecule has 0 bridgehead atoms. The number of carboxylic acid groups (broad SMARTS) is 1. The second-order valence-corrected chi connectivity index (χ2v) is 9.15. The van der Waals surface area contributed by atoms with Crippen LogP contribution in [0.1, 0.15) is 64.5 Å². The number of aliphatic carboxylic acids is 1. The average Bonchev–Trinajstić information content (AvgIpc) is 2.81. The number of aryl methyl sites for hydroxylation is 3. The minimum absolute atomic E-state index is 0.0513. The maximum atomic E-state index is 12.9. The highest BCUT2D eigenvalue weighted by Gasteiger charge is 2.31. The number of amides is 1. The van der Waals surface area contributed by atoms with E-state index in [4.69, 9.17) is 21.4 Å². The Hall–Kier alpha value is -3.52. The summed E-state index contributed by atoms with van der Waals surface area (Å²) in [4.78, 5) is 23.6. The molecule has 3 rings (SSSR count). The summed E-state index contributed by atoms with van der Waals surface area (Å²) in [6.45, 7) is 5.62. The number of nitrogens with one attached hydrogen (secondary N) is 1. The third kappa shape index (κ3) is 7.49. The topological polar surface area (TPSA) is 75.6 Å². The van der Waals surface area contributed by atoms with E-state index >= 15 is 0 Å². The minimum atomic E-state index is -4.55. The van der Waals surface area contributed by atoms with Crippen LogP contribution in [0.4, 0.5) is 13.2 Å². The summed E-state index contributed by atoms with van der Waals surface area (Å²) < 4.78 is 44.8. The van der Waals surface area contributed by atoms with Crippen molar-refractivity contribution in [1.82, 2.24) is 5.32 Å². The first-order valence-electron chi connectivity index (χ1n) is 11.7. The van der Waals surface area contributed by atoms with Gasteiger partial charge in [0.2, 0.25) is 0 Å². The van der Waals surface area contributed by atoms with Crippen LogP contribution in [0.2, 0.25) is 5.02 Å². The Morgan fingerprint density at radius 1 is 1.03 bits per heavy atom. The van der Waals surface area contributed by atoms with Gasteiger partial charge in [-0.2, -0.15) is 13.2 Å². The Kier molecular flexibility index (Phi) is 8.86. The first-order valence-corrected chi connectivity index (χ1v) is 12.1. The van der Waals surface area contributed by atoms with Crippen molar-refractivity contribution in [3.63, 3.8) is 0 Å². The fourth-order valence-corrected chi connectivity index (χ4v) is 4.20. The highest BCUT2D eigenvalue weighted by molar-refractivity contribution is 6.33. The first-order chi connectivity index (χ1) is 17.4. The molecule has 1 atom stereocenters. The molecule has 3 aromatic rings. The summed E-state index contributed by atoms with van der Waals surface area (Å²) in [5.41, 5.74) is 2.60. The van der Waals surface area contributed by atoms with E-state index in [-0.39, 0.29) is 17.0 Å². The third-order valence-corrected chi connectivity index (χ3v) is 6.18. The molecule has 196 valence electrons. The van der Waals surface area contributed by atoms with E-state index in [1.165, 1.54) is 0 Å². The molecule has 0 radical (unpaired) electrons. The zero-order valence-electron chi connectivity index (χ0n) is 20.6. The van der Waals surface area contributed by atoms with Crippen molar-refractivity contribution in [1.29, 1.82) is 0 Å². The third-order valence-electron chi connectivity index (χ3n) is 5.86. The largest absolute Gasteiger partial charge is 0.481 e. The van der Waals surface area contributed by atoms with Crippen molar-refractivity contribution in [3.05, 3.63) is 93.0 Å². The van der Waals surface area contributed by atoms with Crippen LogP contribution in [0.25, 0.3) is 0 Å². The van der Waals surface area contributed by atoms with Gasteiger partial charge in [0.25, 0.3) is 5.91 Å². The van der Waals surface area contributed by atoms with Gasteiger partial charge in [0.15, 0.2) is 0 Å². The Balaban J connectivity index is 1.76. The van der Waals surface area contributed by atoms with Gasteiger partial charge in [-0.05, 0) is 91.4 Å². The van der Waals surface area contributed by atoms with Gasteiger partial charge in [-0.15, -0.1) is 0 Å². The SMILES string of the molecule is CCc1cc(Oc2cc(C)cc(C(C)NC(=O)c3ccc(C(F)(F)F)cc3Cl)c2)ccc1CCC(=O)O. The van der Waals surface area contributed by atoms with Crippen LogP contribution < -0.4 is 10.1 Å². The van der Waals surface area contributed by atoms with Gasteiger partial charge in [0.05, 0.1) is 22.2 Å². The van der Waals surface area contributed by atoms with Crippen LogP contribution in [0.3, 0.4) is 0 Å². The van der Waals surface area contributed by atoms with Gasteiger partial charge in [0, 0.05) is 6.42 Å². The number of rotatable bonds is 9. The average molecular weight is 534 g/mol. The zero-order valence-corrected chi connectivity index (χ0v) is 21.3. The van der Waals surface area contributed by atoms with Crippen LogP contribution in [0.5, 0.6) is 11.5 Å². The lowest BCUT2D eigenvalue weighted by Crippen LogP contribution is -2.27. The number of carbonyl (C=O) groups excluding carboxylic acids is 1. The summed E-state index contributed by atoms with van der Waals surface area (Å²) in [5, 5.41) is 11.4. The zero-order chi connectivity index (χ0) is 27.3. The van der Waals surface area contributed by atoms with Crippen molar-refractivity contribution in [2.24, 2.45) is 0 Å². The molecule has 0 aliphatic carbocycles. The van der Waals surface area contributed by atoms with Gasteiger partial charge in [0.1, 0.15) is 11.5 Å². The van der Waals surface area contributed by atoms with Crippen molar-refractivity contribution in [2.45, 2.75) is 52.3 Å². The summed E-state index contributed by atoms with van der Waals surface area (Å²) in [6.07, 6.45) is -3.34. The Morgan fingerprint density at radius 3 is 2.38 bits per heavy atom. The van der Waals surface area contributed by atoms with Gasteiger partial charge in [-0.25, -0.2) is 0 Å². The van der Waals surface area contributed by atoms with E-state index in [0.29, 0.717) is 17.9 Å². The highest BCUT2D eigenvalue weighted by Crippen LogP contribution is 2.33. The molecular weight excluding hydrogens is 507 g/mol. The molecule has 3 aromatic carbocycles. The summed E-state index contributed by atoms with van der Waals surface area (Å²) in [6, 6.07) is 13.2. The molecule has 0 fully saturated rings. The highest BCUT2D eigenvalue weighted by atomic mass is 35.5. The van der Waals surface area contributed by atoms with Gasteiger partial charge < -0.3 is 15.2 Å². The van der Waals surface area contributed by atoms with E-state index in [1.54, 1.807) is 19.1 Å². The van der Waals surface area contributed by atoms with Crippen LogP contribution in [0, 0.1) is 6.92 Å². The molecular formula is C28H27ClF3NO4. The molecule has 5 nitrogen and oxygen atoms in total. The van der Waals surface area contributed by atoms with Crippen molar-refractivity contribution >= 4 is 23.5 Å². The Labute approximate surface area is 218 Å². The number of benzene rings is 3. The van der Waals surface area contributed by atoms with E-state index in [9.17, 15) is 22.8 Å². The fraction of sp³-hybridized carbons (Fsp3) is 0.286. The number of ether oxygens (including phenoxy) is 1. The maximum Gasteiger partial charge on any atom is 0.416 e. The van der Waals surface area contributed by atoms with Crippen LogP contribution in [-0.4, -0.2) is 17.0 Å². The lowest BCUT2D eigenvalue weighted by molar-refractivity contribution is -0.138. The van der Waals surface area contributed by atoms with E-state index < -0.39 is 29.7 Å². The number of hydrogen-bond acceptors (Lipinski definition) is 3. The number of carboxylic acids is 1. The maximum absolute atomic E-state index is 12.9. The molecule has 9 heteroatoms. The number of alkyl halides is 3. The Morgan fingerprint density at radius 2 is 1.76 bits per heavy atom. The van der Waals surface area contributed by atoms with Crippen LogP contribution >= 0.6 is 11.6 Å². The summed E-state index contributed by atoms with van der Waals surface area (Å²) in [5.74, 6) is -0.305. The quantitative estimate of drug-likeness (QED) is 0.298. The molecule has 0 aliphatic heterocycles. The van der Waals surface area contributed by atoms with Crippen molar-refractivity contribution < 1.29 is 32.6 Å². The molecule has 1 amide bonds. The van der Waals surface area contributed by atoms with Gasteiger partial charge in [-0.3, -0.25) is 9.59 Å². The summed E-state index contributed by atoms with van der Waals surface area (Å²) >= 11 is 5.96. The van der Waals surface area contributed by atoms with Crippen molar-refractivity contribution in [3.8, 4) is 11.5 Å². The summed E-state index contributed by atoms with van der Waals surface area (Å²) in [7, 11) is 0. The molecule has 0 spiro atoms. The smallest absolute Gasteiger partial charge is 0.416 e. The molecule has 0 heterocycles. The predicted octanol–water partition coefficient (Wildman–Crippen LogP) is 7.53. The van der Waals surface area contributed by atoms with Crippen LogP contribution in [0.15, 0.2) is 54.6 Å². The van der Waals surface area contributed by atoms with E-state index in [1.807, 2.05) is 38.1 Å². The van der Waals surface area contributed by atoms with E-state index in [0.717, 1.165) is 46.9 Å². The monoisotopic (exact) mass is 533 g/mol. The standard InChI is InChI=1S/C28H27ClF3NO4/c1-4-18-13-22(8-5-19(18)6-10-26(34)35)37-23-12-16(2)11-20(14-23)17(3)33-27(36)24-9-7-21(15-25(24)29)28(30,31)32/h5,7-9,11-15,17H,4,6,10H2,1-3H3,(H,33,36)(H,34,35). The molecule has 1 unspecified atom stereocenters. The number of halogens is 4. The van der Waals surface area contributed by atoms with Crippen molar-refractivity contribution in [2.75, 3.05) is 0 Å². The fourth-order valence-electron chi connectivity index (χ4n) is 3.94. The molecule has 0 aromatic heterocycles. The molecule has 2 N–H and O–H groups in total. The number of hydrogen-bond donors (Lipinski definition) is 2. The second-order valence-electron chi connectivity index (χ2n) is 8.75. The lowest BCUT2D eigenvalue weighted by Gasteiger charge is -2.18. The normalized spacial score (nSPS) is 12.2. The first kappa shape index (κ1) is 28.1. The number of carbonyl (C=O) groups is 2. The molecule has 0 aliphatic rings. The predicted molar refractivity (Wildman–Crippen MR) is 135 cm³/mol. The second kappa shape index (κ2) is 11.7. The lowest BCUT2D eigenvalue weighted by atomic mass is 10.0. The molecule has 0 saturated heterocycles. The van der Waals surface area contributed by atoms with Gasteiger partial charge >= 0.3 is 12.1 Å². The Bertz CT molecular complexity index is 1310.